The molecule has 27 heavy (non-hydrogen) atoms. The Hall–Kier alpha value is -1.96. The van der Waals surface area contributed by atoms with E-state index in [-0.39, 0.29) is 11.8 Å². The van der Waals surface area contributed by atoms with Crippen LogP contribution in [0.25, 0.3) is 11.4 Å². The van der Waals surface area contributed by atoms with Crippen LogP contribution in [-0.2, 0) is 16.1 Å². The van der Waals surface area contributed by atoms with Crippen LogP contribution in [0.1, 0.15) is 25.2 Å². The van der Waals surface area contributed by atoms with Crippen molar-refractivity contribution in [2.24, 2.45) is 5.92 Å². The molecule has 0 radical (unpaired) electrons. The number of piperidine rings is 1. The first-order chi connectivity index (χ1) is 13.2. The Balaban J connectivity index is 1.45. The molecule has 1 aromatic heterocycles. The zero-order valence-electron chi connectivity index (χ0n) is 15.5. The van der Waals surface area contributed by atoms with Gasteiger partial charge in [0.1, 0.15) is 0 Å². The third-order valence-corrected chi connectivity index (χ3v) is 4.93. The number of amides is 1. The van der Waals surface area contributed by atoms with Crippen LogP contribution in [0, 0.1) is 5.92 Å². The minimum absolute atomic E-state index is 0.0773. The number of carbonyl (C=O) groups excluding carboxylic acids is 1. The Kier molecular flexibility index (Phi) is 7.20. The summed E-state index contributed by atoms with van der Waals surface area (Å²) in [4.78, 5) is 18.9. The third kappa shape index (κ3) is 5.76. The number of aromatic nitrogens is 2. The molecule has 0 aliphatic carbocycles. The van der Waals surface area contributed by atoms with E-state index in [1.165, 1.54) is 0 Å². The van der Waals surface area contributed by atoms with Gasteiger partial charge in [-0.15, -0.1) is 0 Å². The van der Waals surface area contributed by atoms with Gasteiger partial charge < -0.3 is 14.6 Å². The Labute approximate surface area is 164 Å². The Morgan fingerprint density at radius 3 is 2.96 bits per heavy atom. The number of ether oxygens (including phenoxy) is 1. The lowest BCUT2D eigenvalue weighted by Crippen LogP contribution is -2.40. The van der Waals surface area contributed by atoms with Crippen LogP contribution >= 0.6 is 11.6 Å². The van der Waals surface area contributed by atoms with Crippen molar-refractivity contribution in [2.75, 3.05) is 33.4 Å². The van der Waals surface area contributed by atoms with Crippen molar-refractivity contribution in [1.82, 2.24) is 20.4 Å². The second-order valence-electron chi connectivity index (χ2n) is 6.71. The highest BCUT2D eigenvalue weighted by Gasteiger charge is 2.25. The van der Waals surface area contributed by atoms with Gasteiger partial charge in [0, 0.05) is 36.8 Å². The summed E-state index contributed by atoms with van der Waals surface area (Å²) in [5.41, 5.74) is 0.835. The molecule has 146 valence electrons. The van der Waals surface area contributed by atoms with Crippen LogP contribution in [0.5, 0.6) is 0 Å². The molecule has 1 amide bonds. The molecular weight excluding hydrogens is 368 g/mol. The van der Waals surface area contributed by atoms with E-state index in [1.54, 1.807) is 7.11 Å². The van der Waals surface area contributed by atoms with Crippen LogP contribution in [0.2, 0.25) is 5.02 Å². The van der Waals surface area contributed by atoms with E-state index in [9.17, 15) is 4.79 Å². The predicted molar refractivity (Wildman–Crippen MR) is 102 cm³/mol. The summed E-state index contributed by atoms with van der Waals surface area (Å²) < 4.78 is 10.4. The second-order valence-corrected chi connectivity index (χ2v) is 7.15. The summed E-state index contributed by atoms with van der Waals surface area (Å²) in [5, 5.41) is 7.67. The lowest BCUT2D eigenvalue weighted by atomic mass is 9.96. The van der Waals surface area contributed by atoms with Gasteiger partial charge in [-0.2, -0.15) is 4.98 Å². The zero-order valence-corrected chi connectivity index (χ0v) is 16.2. The highest BCUT2D eigenvalue weighted by molar-refractivity contribution is 6.30. The molecule has 1 saturated heterocycles. The summed E-state index contributed by atoms with van der Waals surface area (Å²) in [7, 11) is 1.67. The largest absolute Gasteiger partial charge is 0.385 e. The van der Waals surface area contributed by atoms with Gasteiger partial charge in [-0.05, 0) is 44.5 Å². The minimum atomic E-state index is 0.0773. The highest BCUT2D eigenvalue weighted by Crippen LogP contribution is 2.22. The second kappa shape index (κ2) is 9.82. The van der Waals surface area contributed by atoms with Gasteiger partial charge >= 0.3 is 0 Å². The molecule has 3 rings (SSSR count). The summed E-state index contributed by atoms with van der Waals surface area (Å²) in [6, 6.07) is 7.38. The molecular formula is C19H25ClN4O3. The van der Waals surface area contributed by atoms with Crippen molar-refractivity contribution in [2.45, 2.75) is 25.8 Å². The number of rotatable bonds is 8. The van der Waals surface area contributed by atoms with Crippen molar-refractivity contribution < 1.29 is 14.1 Å². The van der Waals surface area contributed by atoms with Gasteiger partial charge in [0.15, 0.2) is 0 Å². The lowest BCUT2D eigenvalue weighted by Gasteiger charge is -2.30. The Morgan fingerprint density at radius 1 is 1.41 bits per heavy atom. The molecule has 0 unspecified atom stereocenters. The molecule has 1 N–H and O–H groups in total. The fourth-order valence-electron chi connectivity index (χ4n) is 3.18. The average Bonchev–Trinajstić information content (AvgIpc) is 3.14. The summed E-state index contributed by atoms with van der Waals surface area (Å²) in [5.74, 6) is 1.34. The SMILES string of the molecule is COCCCNC(=O)C1CCN(Cc2nc(-c3cccc(Cl)c3)no2)CC1. The van der Waals surface area contributed by atoms with Gasteiger partial charge in [0.2, 0.25) is 17.6 Å². The monoisotopic (exact) mass is 392 g/mol. The van der Waals surface area contributed by atoms with E-state index in [0.29, 0.717) is 36.4 Å². The molecule has 8 heteroatoms. The number of nitrogens with zero attached hydrogens (tertiary/aromatic N) is 3. The van der Waals surface area contributed by atoms with Crippen LogP contribution in [0.15, 0.2) is 28.8 Å². The van der Waals surface area contributed by atoms with E-state index in [2.05, 4.69) is 20.4 Å². The molecule has 1 aliphatic heterocycles. The van der Waals surface area contributed by atoms with E-state index < -0.39 is 0 Å². The van der Waals surface area contributed by atoms with E-state index in [0.717, 1.165) is 37.9 Å². The number of halogens is 1. The number of hydrogen-bond acceptors (Lipinski definition) is 6. The number of benzene rings is 1. The van der Waals surface area contributed by atoms with Crippen LogP contribution in [-0.4, -0.2) is 54.3 Å². The summed E-state index contributed by atoms with van der Waals surface area (Å²) in [6.45, 7) is 3.60. The normalized spacial score (nSPS) is 15.8. The maximum atomic E-state index is 12.2. The molecule has 0 spiro atoms. The van der Waals surface area contributed by atoms with Gasteiger partial charge in [-0.3, -0.25) is 9.69 Å². The van der Waals surface area contributed by atoms with Crippen molar-refractivity contribution in [3.8, 4) is 11.4 Å². The van der Waals surface area contributed by atoms with Crippen molar-refractivity contribution in [3.05, 3.63) is 35.2 Å². The number of hydrogen-bond donors (Lipinski definition) is 1. The van der Waals surface area contributed by atoms with Crippen LogP contribution in [0.3, 0.4) is 0 Å². The molecule has 1 fully saturated rings. The Morgan fingerprint density at radius 2 is 2.22 bits per heavy atom. The number of methoxy groups -OCH3 is 1. The van der Waals surface area contributed by atoms with E-state index in [4.69, 9.17) is 20.9 Å². The summed E-state index contributed by atoms with van der Waals surface area (Å²) >= 11 is 6.01. The Bertz CT molecular complexity index is 744. The summed E-state index contributed by atoms with van der Waals surface area (Å²) in [6.07, 6.45) is 2.52. The van der Waals surface area contributed by atoms with Crippen LogP contribution in [0.4, 0.5) is 0 Å². The first-order valence-corrected chi connectivity index (χ1v) is 9.61. The number of nitrogens with one attached hydrogen (secondary N) is 1. The van der Waals surface area contributed by atoms with Crippen molar-refractivity contribution in [3.63, 3.8) is 0 Å². The quantitative estimate of drug-likeness (QED) is 0.696. The number of carbonyl (C=O) groups is 1. The topological polar surface area (TPSA) is 80.5 Å². The first kappa shape index (κ1) is 19.8. The predicted octanol–water partition coefficient (Wildman–Crippen LogP) is 2.75. The molecule has 0 bridgehead atoms. The molecule has 7 nitrogen and oxygen atoms in total. The smallest absolute Gasteiger partial charge is 0.241 e. The minimum Gasteiger partial charge on any atom is -0.385 e. The standard InChI is InChI=1S/C19H25ClN4O3/c1-26-11-3-8-21-19(25)14-6-9-24(10-7-14)13-17-22-18(23-27-17)15-4-2-5-16(20)12-15/h2,4-5,12,14H,3,6-11,13H2,1H3,(H,21,25). The maximum Gasteiger partial charge on any atom is 0.241 e. The highest BCUT2D eigenvalue weighted by atomic mass is 35.5. The van der Waals surface area contributed by atoms with E-state index in [1.807, 2.05) is 24.3 Å². The molecule has 0 saturated carbocycles. The fourth-order valence-corrected chi connectivity index (χ4v) is 3.37. The van der Waals surface area contributed by atoms with Crippen LogP contribution < -0.4 is 5.32 Å². The first-order valence-electron chi connectivity index (χ1n) is 9.23. The van der Waals surface area contributed by atoms with Crippen molar-refractivity contribution in [1.29, 1.82) is 0 Å². The molecule has 0 atom stereocenters. The van der Waals surface area contributed by atoms with Gasteiger partial charge in [-0.25, -0.2) is 0 Å². The van der Waals surface area contributed by atoms with Crippen molar-refractivity contribution >= 4 is 17.5 Å². The van der Waals surface area contributed by atoms with Gasteiger partial charge in [0.05, 0.1) is 6.54 Å². The molecule has 1 aromatic carbocycles. The molecule has 1 aliphatic rings. The average molecular weight is 393 g/mol. The van der Waals surface area contributed by atoms with Gasteiger partial charge in [-0.1, -0.05) is 28.9 Å². The zero-order chi connectivity index (χ0) is 19.1. The number of likely N-dealkylation sites (tertiary alicyclic amines) is 1. The molecule has 2 aromatic rings. The lowest BCUT2D eigenvalue weighted by molar-refractivity contribution is -0.126. The fraction of sp³-hybridized carbons (Fsp3) is 0.526. The maximum absolute atomic E-state index is 12.2. The molecule has 2 heterocycles. The third-order valence-electron chi connectivity index (χ3n) is 4.69. The van der Waals surface area contributed by atoms with Gasteiger partial charge in [0.25, 0.3) is 0 Å². The van der Waals surface area contributed by atoms with E-state index >= 15 is 0 Å².